The SMILES string of the molecule is Cc1cnc(C(NC2CCN(CC3CC3)CC2)C2CC2)s1. The van der Waals surface area contributed by atoms with Crippen LogP contribution in [0.25, 0.3) is 0 Å². The molecule has 2 aliphatic carbocycles. The minimum absolute atomic E-state index is 0.531. The van der Waals surface area contributed by atoms with Gasteiger partial charge in [0, 0.05) is 23.7 Å². The van der Waals surface area contributed by atoms with Crippen LogP contribution in [0.4, 0.5) is 0 Å². The smallest absolute Gasteiger partial charge is 0.110 e. The van der Waals surface area contributed by atoms with E-state index in [2.05, 4.69) is 22.1 Å². The van der Waals surface area contributed by atoms with Gasteiger partial charge in [-0.15, -0.1) is 11.3 Å². The van der Waals surface area contributed by atoms with Crippen LogP contribution in [0, 0.1) is 18.8 Å². The molecule has 21 heavy (non-hydrogen) atoms. The van der Waals surface area contributed by atoms with Crippen molar-refractivity contribution < 1.29 is 0 Å². The Morgan fingerprint density at radius 1 is 1.24 bits per heavy atom. The molecule has 1 aromatic heterocycles. The summed E-state index contributed by atoms with van der Waals surface area (Å²) < 4.78 is 0. The van der Waals surface area contributed by atoms with E-state index >= 15 is 0 Å². The quantitative estimate of drug-likeness (QED) is 0.873. The van der Waals surface area contributed by atoms with E-state index in [-0.39, 0.29) is 0 Å². The zero-order valence-corrected chi connectivity index (χ0v) is 13.9. The first-order valence-corrected chi connectivity index (χ1v) is 9.50. The third-order valence-corrected chi connectivity index (χ3v) is 6.21. The maximum absolute atomic E-state index is 4.65. The molecule has 1 unspecified atom stereocenters. The molecule has 3 nitrogen and oxygen atoms in total. The lowest BCUT2D eigenvalue weighted by molar-refractivity contribution is 0.182. The molecule has 1 atom stereocenters. The highest BCUT2D eigenvalue weighted by Gasteiger charge is 2.36. The normalized spacial score (nSPS) is 26.1. The van der Waals surface area contributed by atoms with Crippen LogP contribution in [0.3, 0.4) is 0 Å². The molecule has 116 valence electrons. The Labute approximate surface area is 132 Å². The Balaban J connectivity index is 1.31. The van der Waals surface area contributed by atoms with Crippen molar-refractivity contribution in [1.82, 2.24) is 15.2 Å². The fraction of sp³-hybridized carbons (Fsp3) is 0.824. The van der Waals surface area contributed by atoms with Crippen molar-refractivity contribution in [2.75, 3.05) is 19.6 Å². The molecule has 0 radical (unpaired) electrons. The van der Waals surface area contributed by atoms with Gasteiger partial charge in [-0.3, -0.25) is 0 Å². The van der Waals surface area contributed by atoms with Crippen LogP contribution in [0.1, 0.15) is 54.5 Å². The lowest BCUT2D eigenvalue weighted by atomic mass is 10.0. The van der Waals surface area contributed by atoms with Crippen LogP contribution in [0.15, 0.2) is 6.20 Å². The standard InChI is InChI=1S/C17H27N3S/c1-12-10-18-17(21-12)16(14-4-5-14)19-15-6-8-20(9-7-15)11-13-2-3-13/h10,13-16,19H,2-9,11H2,1H3. The minimum Gasteiger partial charge on any atom is -0.305 e. The first-order valence-electron chi connectivity index (χ1n) is 8.68. The van der Waals surface area contributed by atoms with Crippen LogP contribution in [0.2, 0.25) is 0 Å². The van der Waals surface area contributed by atoms with Crippen molar-refractivity contribution in [3.05, 3.63) is 16.1 Å². The molecule has 1 aliphatic heterocycles. The summed E-state index contributed by atoms with van der Waals surface area (Å²) in [7, 11) is 0. The van der Waals surface area contributed by atoms with Crippen LogP contribution >= 0.6 is 11.3 Å². The van der Waals surface area contributed by atoms with Gasteiger partial charge in [0.1, 0.15) is 5.01 Å². The highest BCUT2D eigenvalue weighted by atomic mass is 32.1. The molecule has 3 fully saturated rings. The summed E-state index contributed by atoms with van der Waals surface area (Å²) in [5.74, 6) is 1.88. The van der Waals surface area contributed by atoms with E-state index in [1.54, 1.807) is 0 Å². The number of thiazole rings is 1. The Bertz CT molecular complexity index is 470. The molecular weight excluding hydrogens is 278 g/mol. The highest BCUT2D eigenvalue weighted by Crippen LogP contribution is 2.42. The third kappa shape index (κ3) is 3.66. The van der Waals surface area contributed by atoms with Crippen molar-refractivity contribution in [3.63, 3.8) is 0 Å². The zero-order chi connectivity index (χ0) is 14.2. The second-order valence-electron chi connectivity index (χ2n) is 7.31. The number of aromatic nitrogens is 1. The number of likely N-dealkylation sites (tertiary alicyclic amines) is 1. The molecule has 4 heteroatoms. The molecule has 0 bridgehead atoms. The minimum atomic E-state index is 0.531. The van der Waals surface area contributed by atoms with Gasteiger partial charge in [0.25, 0.3) is 0 Å². The topological polar surface area (TPSA) is 28.2 Å². The van der Waals surface area contributed by atoms with E-state index in [1.165, 1.54) is 68.0 Å². The number of hydrogen-bond acceptors (Lipinski definition) is 4. The first kappa shape index (κ1) is 14.2. The molecule has 4 rings (SSSR count). The maximum atomic E-state index is 4.65. The number of rotatable bonds is 6. The van der Waals surface area contributed by atoms with Crippen molar-refractivity contribution >= 4 is 11.3 Å². The van der Waals surface area contributed by atoms with E-state index in [0.717, 1.165) is 11.8 Å². The summed E-state index contributed by atoms with van der Waals surface area (Å²) in [5, 5.41) is 5.29. The second-order valence-corrected chi connectivity index (χ2v) is 8.58. The average Bonchev–Trinajstić information content (AvgIpc) is 3.39. The van der Waals surface area contributed by atoms with Gasteiger partial charge in [0.15, 0.2) is 0 Å². The van der Waals surface area contributed by atoms with Gasteiger partial charge in [-0.1, -0.05) is 0 Å². The summed E-state index contributed by atoms with van der Waals surface area (Å²) >= 11 is 1.89. The van der Waals surface area contributed by atoms with E-state index in [4.69, 9.17) is 0 Å². The van der Waals surface area contributed by atoms with E-state index < -0.39 is 0 Å². The van der Waals surface area contributed by atoms with Crippen LogP contribution < -0.4 is 5.32 Å². The van der Waals surface area contributed by atoms with Gasteiger partial charge >= 0.3 is 0 Å². The molecule has 0 amide bonds. The summed E-state index contributed by atoms with van der Waals surface area (Å²) in [6.45, 7) is 6.12. The fourth-order valence-corrected chi connectivity index (χ4v) is 4.48. The number of piperidine rings is 1. The highest BCUT2D eigenvalue weighted by molar-refractivity contribution is 7.11. The van der Waals surface area contributed by atoms with E-state index in [1.807, 2.05) is 17.5 Å². The molecule has 3 aliphatic rings. The number of nitrogens with one attached hydrogen (secondary N) is 1. The van der Waals surface area contributed by atoms with Gasteiger partial charge in [0.2, 0.25) is 0 Å². The molecule has 1 N–H and O–H groups in total. The molecule has 2 saturated carbocycles. The molecule has 0 spiro atoms. The maximum Gasteiger partial charge on any atom is 0.110 e. The Morgan fingerprint density at radius 3 is 2.57 bits per heavy atom. The zero-order valence-electron chi connectivity index (χ0n) is 13.1. The Hall–Kier alpha value is -0.450. The monoisotopic (exact) mass is 305 g/mol. The van der Waals surface area contributed by atoms with Crippen molar-refractivity contribution in [3.8, 4) is 0 Å². The van der Waals surface area contributed by atoms with Crippen molar-refractivity contribution in [2.24, 2.45) is 11.8 Å². The number of nitrogens with zero attached hydrogens (tertiary/aromatic N) is 2. The third-order valence-electron chi connectivity index (χ3n) is 5.21. The Kier molecular flexibility index (Phi) is 4.03. The predicted octanol–water partition coefficient (Wildman–Crippen LogP) is 3.37. The first-order chi connectivity index (χ1) is 10.3. The molecular formula is C17H27N3S. The molecule has 0 aromatic carbocycles. The van der Waals surface area contributed by atoms with Crippen molar-refractivity contribution in [1.29, 1.82) is 0 Å². The van der Waals surface area contributed by atoms with Gasteiger partial charge in [-0.05, 0) is 70.4 Å². The Morgan fingerprint density at radius 2 is 2.00 bits per heavy atom. The number of aryl methyl sites for hydroxylation is 1. The van der Waals surface area contributed by atoms with Gasteiger partial charge < -0.3 is 10.2 Å². The van der Waals surface area contributed by atoms with E-state index in [0.29, 0.717) is 12.1 Å². The number of hydrogen-bond donors (Lipinski definition) is 1. The second kappa shape index (κ2) is 5.98. The van der Waals surface area contributed by atoms with Gasteiger partial charge in [-0.25, -0.2) is 4.98 Å². The summed E-state index contributed by atoms with van der Waals surface area (Å²) in [6.07, 6.45) is 10.4. The summed E-state index contributed by atoms with van der Waals surface area (Å²) in [6, 6.07) is 1.24. The molecule has 2 heterocycles. The lowest BCUT2D eigenvalue weighted by Gasteiger charge is -2.34. The van der Waals surface area contributed by atoms with Crippen molar-refractivity contribution in [2.45, 2.75) is 57.5 Å². The lowest BCUT2D eigenvalue weighted by Crippen LogP contribution is -2.44. The fourth-order valence-electron chi connectivity index (χ4n) is 3.56. The van der Waals surface area contributed by atoms with Gasteiger partial charge in [-0.2, -0.15) is 0 Å². The van der Waals surface area contributed by atoms with Crippen LogP contribution in [0.5, 0.6) is 0 Å². The molecule has 1 aromatic rings. The van der Waals surface area contributed by atoms with Gasteiger partial charge in [0.05, 0.1) is 6.04 Å². The predicted molar refractivity (Wildman–Crippen MR) is 87.6 cm³/mol. The summed E-state index contributed by atoms with van der Waals surface area (Å²) in [5.41, 5.74) is 0. The van der Waals surface area contributed by atoms with Crippen LogP contribution in [-0.2, 0) is 0 Å². The molecule has 1 saturated heterocycles. The average molecular weight is 305 g/mol. The van der Waals surface area contributed by atoms with Crippen LogP contribution in [-0.4, -0.2) is 35.6 Å². The summed E-state index contributed by atoms with van der Waals surface area (Å²) in [4.78, 5) is 8.69. The largest absolute Gasteiger partial charge is 0.305 e. The van der Waals surface area contributed by atoms with E-state index in [9.17, 15) is 0 Å².